The van der Waals surface area contributed by atoms with Crippen LogP contribution in [0.1, 0.15) is 12.5 Å². The second-order valence-corrected chi connectivity index (χ2v) is 2.41. The molecule has 0 unspecified atom stereocenters. The smallest absolute Gasteiger partial charge is 0.328 e. The molecule has 0 aliphatic heterocycles. The Kier molecular flexibility index (Phi) is 4.77. The molecule has 0 bridgehead atoms. The van der Waals surface area contributed by atoms with Gasteiger partial charge >= 0.3 is 5.97 Å². The fourth-order valence-corrected chi connectivity index (χ4v) is 0.865. The van der Waals surface area contributed by atoms with E-state index in [-0.39, 0.29) is 12.4 Å². The summed E-state index contributed by atoms with van der Waals surface area (Å²) < 4.78 is 0. The molecule has 4 heteroatoms. The van der Waals surface area contributed by atoms with Gasteiger partial charge in [0.2, 0.25) is 0 Å². The van der Waals surface area contributed by atoms with Crippen molar-refractivity contribution in [2.75, 3.05) is 0 Å². The average Bonchev–Trinajstić information content (AvgIpc) is 2.05. The van der Waals surface area contributed by atoms with Crippen LogP contribution in [0.15, 0.2) is 30.6 Å². The van der Waals surface area contributed by atoms with Crippen molar-refractivity contribution in [1.29, 1.82) is 0 Å². The van der Waals surface area contributed by atoms with Crippen LogP contribution in [0.4, 0.5) is 0 Å². The predicted octanol–water partition coefficient (Wildman–Crippen LogP) is 1.99. The van der Waals surface area contributed by atoms with Gasteiger partial charge in [0, 0.05) is 18.5 Å². The molecular formula is C9H10ClNO2. The highest BCUT2D eigenvalue weighted by molar-refractivity contribution is 5.89. The van der Waals surface area contributed by atoms with Crippen LogP contribution in [0.2, 0.25) is 0 Å². The Balaban J connectivity index is 0.00000144. The molecule has 0 atom stereocenters. The molecule has 1 N–H and O–H groups in total. The summed E-state index contributed by atoms with van der Waals surface area (Å²) >= 11 is 0. The number of nitrogens with zero attached hydrogens (tertiary/aromatic N) is 1. The first-order valence-corrected chi connectivity index (χ1v) is 3.52. The second-order valence-electron chi connectivity index (χ2n) is 2.41. The standard InChI is InChI=1S/C9H9NO2.ClH/c1-7(5-9(11)12)8-3-2-4-10-6-8;/h2-6H,1H3,(H,11,12);1H. The number of aliphatic carboxylic acids is 1. The fourth-order valence-electron chi connectivity index (χ4n) is 0.865. The normalized spacial score (nSPS) is 10.4. The van der Waals surface area contributed by atoms with E-state index in [0.29, 0.717) is 5.57 Å². The van der Waals surface area contributed by atoms with Gasteiger partial charge in [-0.25, -0.2) is 4.79 Å². The van der Waals surface area contributed by atoms with Crippen LogP contribution in [0.25, 0.3) is 5.57 Å². The number of pyridine rings is 1. The lowest BCUT2D eigenvalue weighted by Crippen LogP contribution is -1.90. The van der Waals surface area contributed by atoms with E-state index in [1.807, 2.05) is 6.07 Å². The number of carboxylic acid groups (broad SMARTS) is 1. The highest BCUT2D eigenvalue weighted by Crippen LogP contribution is 2.10. The number of allylic oxidation sites excluding steroid dienone is 1. The summed E-state index contributed by atoms with van der Waals surface area (Å²) in [4.78, 5) is 14.2. The third-order valence-electron chi connectivity index (χ3n) is 1.46. The van der Waals surface area contributed by atoms with Crippen LogP contribution in [-0.4, -0.2) is 16.1 Å². The van der Waals surface area contributed by atoms with Crippen LogP contribution >= 0.6 is 12.4 Å². The zero-order chi connectivity index (χ0) is 8.97. The van der Waals surface area contributed by atoms with Crippen molar-refractivity contribution < 1.29 is 9.90 Å². The second kappa shape index (κ2) is 5.32. The minimum Gasteiger partial charge on any atom is -0.478 e. The Morgan fingerprint density at radius 2 is 2.31 bits per heavy atom. The summed E-state index contributed by atoms with van der Waals surface area (Å²) in [6, 6.07) is 3.59. The first-order chi connectivity index (χ1) is 5.70. The summed E-state index contributed by atoms with van der Waals surface area (Å²) in [5.74, 6) is -0.934. The average molecular weight is 200 g/mol. The third-order valence-corrected chi connectivity index (χ3v) is 1.46. The van der Waals surface area contributed by atoms with Crippen molar-refractivity contribution in [2.24, 2.45) is 0 Å². The minimum atomic E-state index is -0.934. The summed E-state index contributed by atoms with van der Waals surface area (Å²) in [5.41, 5.74) is 1.54. The van der Waals surface area contributed by atoms with Gasteiger partial charge in [0.05, 0.1) is 0 Å². The van der Waals surface area contributed by atoms with E-state index >= 15 is 0 Å². The zero-order valence-corrected chi connectivity index (χ0v) is 7.91. The van der Waals surface area contributed by atoms with Gasteiger partial charge in [-0.3, -0.25) is 4.98 Å². The van der Waals surface area contributed by atoms with Crippen molar-refractivity contribution in [2.45, 2.75) is 6.92 Å². The van der Waals surface area contributed by atoms with Gasteiger partial charge in [0.1, 0.15) is 0 Å². The van der Waals surface area contributed by atoms with Crippen LogP contribution in [0.3, 0.4) is 0 Å². The van der Waals surface area contributed by atoms with E-state index in [1.165, 1.54) is 0 Å². The van der Waals surface area contributed by atoms with Gasteiger partial charge in [0.15, 0.2) is 0 Å². The van der Waals surface area contributed by atoms with E-state index in [9.17, 15) is 4.79 Å². The molecule has 3 nitrogen and oxygen atoms in total. The first kappa shape index (κ1) is 11.6. The molecule has 0 amide bonds. The van der Waals surface area contributed by atoms with Crippen molar-refractivity contribution in [3.05, 3.63) is 36.2 Å². The lowest BCUT2D eigenvalue weighted by atomic mass is 10.1. The number of halogens is 1. The Hall–Kier alpha value is -1.35. The Labute approximate surface area is 82.5 Å². The molecule has 0 aliphatic carbocycles. The van der Waals surface area contributed by atoms with E-state index in [2.05, 4.69) is 4.98 Å². The van der Waals surface area contributed by atoms with Crippen molar-refractivity contribution in [3.8, 4) is 0 Å². The number of hydrogen-bond acceptors (Lipinski definition) is 2. The lowest BCUT2D eigenvalue weighted by Gasteiger charge is -1.97. The first-order valence-electron chi connectivity index (χ1n) is 3.52. The van der Waals surface area contributed by atoms with Crippen LogP contribution in [-0.2, 0) is 4.79 Å². The predicted molar refractivity (Wildman–Crippen MR) is 52.8 cm³/mol. The highest BCUT2D eigenvalue weighted by Gasteiger charge is 1.96. The third kappa shape index (κ3) is 3.71. The lowest BCUT2D eigenvalue weighted by molar-refractivity contribution is -0.131. The Bertz CT molecular complexity index is 309. The summed E-state index contributed by atoms with van der Waals surface area (Å²) in [6.45, 7) is 1.74. The van der Waals surface area contributed by atoms with Gasteiger partial charge in [-0.05, 0) is 24.1 Å². The number of carboxylic acids is 1. The summed E-state index contributed by atoms with van der Waals surface area (Å²) in [5, 5.41) is 8.45. The number of rotatable bonds is 2. The maximum Gasteiger partial charge on any atom is 0.328 e. The van der Waals surface area contributed by atoms with Gasteiger partial charge in [-0.15, -0.1) is 12.4 Å². The minimum absolute atomic E-state index is 0. The quantitative estimate of drug-likeness (QED) is 0.742. The van der Waals surface area contributed by atoms with Gasteiger partial charge < -0.3 is 5.11 Å². The monoisotopic (exact) mass is 199 g/mol. The SMILES string of the molecule is CC(=CC(=O)O)c1cccnc1.Cl. The van der Waals surface area contributed by atoms with Crippen molar-refractivity contribution in [3.63, 3.8) is 0 Å². The van der Waals surface area contributed by atoms with Gasteiger partial charge in [0.25, 0.3) is 0 Å². The fraction of sp³-hybridized carbons (Fsp3) is 0.111. The maximum absolute atomic E-state index is 10.3. The highest BCUT2D eigenvalue weighted by atomic mass is 35.5. The van der Waals surface area contributed by atoms with E-state index in [4.69, 9.17) is 5.11 Å². The molecule has 1 aromatic heterocycles. The molecule has 13 heavy (non-hydrogen) atoms. The Morgan fingerprint density at radius 1 is 1.62 bits per heavy atom. The molecule has 70 valence electrons. The molecule has 0 spiro atoms. The molecule has 0 fully saturated rings. The topological polar surface area (TPSA) is 50.2 Å². The van der Waals surface area contributed by atoms with Crippen LogP contribution in [0.5, 0.6) is 0 Å². The summed E-state index contributed by atoms with van der Waals surface area (Å²) in [6.07, 6.45) is 4.45. The largest absolute Gasteiger partial charge is 0.478 e. The molecule has 1 heterocycles. The van der Waals surface area contributed by atoms with E-state index in [0.717, 1.165) is 11.6 Å². The zero-order valence-electron chi connectivity index (χ0n) is 7.10. The summed E-state index contributed by atoms with van der Waals surface area (Å²) in [7, 11) is 0. The molecule has 0 aromatic carbocycles. The van der Waals surface area contributed by atoms with Crippen LogP contribution < -0.4 is 0 Å². The van der Waals surface area contributed by atoms with Gasteiger partial charge in [-0.2, -0.15) is 0 Å². The Morgan fingerprint density at radius 3 is 2.77 bits per heavy atom. The van der Waals surface area contributed by atoms with Crippen molar-refractivity contribution >= 4 is 23.9 Å². The molecule has 1 aromatic rings. The maximum atomic E-state index is 10.3. The van der Waals surface area contributed by atoms with Crippen molar-refractivity contribution in [1.82, 2.24) is 4.98 Å². The molecule has 1 rings (SSSR count). The molecular weight excluding hydrogens is 190 g/mol. The number of hydrogen-bond donors (Lipinski definition) is 1. The van der Waals surface area contributed by atoms with Crippen LogP contribution in [0, 0.1) is 0 Å². The molecule has 0 saturated heterocycles. The van der Waals surface area contributed by atoms with Gasteiger partial charge in [-0.1, -0.05) is 6.07 Å². The molecule has 0 radical (unpaired) electrons. The number of aromatic nitrogens is 1. The molecule has 0 aliphatic rings. The van der Waals surface area contributed by atoms with E-state index in [1.54, 1.807) is 25.4 Å². The molecule has 0 saturated carbocycles. The van der Waals surface area contributed by atoms with E-state index < -0.39 is 5.97 Å². The number of carbonyl (C=O) groups is 1.